The van der Waals surface area contributed by atoms with Gasteiger partial charge in [0, 0.05) is 13.0 Å². The molecule has 2 rings (SSSR count). The number of benzene rings is 1. The average Bonchev–Trinajstić information content (AvgIpc) is 2.44. The fourth-order valence-corrected chi connectivity index (χ4v) is 1.28. The number of fused-ring (bicyclic) bond motifs is 1. The molecule has 3 nitrogen and oxygen atoms in total. The highest BCUT2D eigenvalue weighted by molar-refractivity contribution is 5.74. The Morgan fingerprint density at radius 2 is 2.31 bits per heavy atom. The zero-order chi connectivity index (χ0) is 9.26. The van der Waals surface area contributed by atoms with Crippen LogP contribution in [0, 0.1) is 6.92 Å². The van der Waals surface area contributed by atoms with E-state index in [9.17, 15) is 0 Å². The first kappa shape index (κ1) is 8.10. The van der Waals surface area contributed by atoms with Gasteiger partial charge in [0.25, 0.3) is 0 Å². The third kappa shape index (κ3) is 1.49. The Bertz CT molecular complexity index is 420. The average molecular weight is 177 g/mol. The maximum atomic E-state index is 5.36. The first-order valence-electron chi connectivity index (χ1n) is 4.29. The molecule has 0 amide bonds. The molecule has 2 aromatic rings. The lowest BCUT2D eigenvalue weighted by molar-refractivity contribution is 0.340. The van der Waals surface area contributed by atoms with Crippen LogP contribution in [-0.4, -0.2) is 11.6 Å². The first-order chi connectivity index (χ1) is 6.29. The van der Waals surface area contributed by atoms with Crippen molar-refractivity contribution in [3.63, 3.8) is 0 Å². The van der Waals surface area contributed by atoms with E-state index in [1.807, 2.05) is 32.0 Å². The molecule has 0 radical (unpaired) electrons. The molecule has 0 unspecified atom stereocenters. The maximum absolute atomic E-state index is 5.36. The smallest absolute Gasteiger partial charge is 0.192 e. The van der Waals surface area contributed by atoms with Crippen molar-refractivity contribution in [1.29, 1.82) is 0 Å². The van der Waals surface area contributed by atoms with Crippen molar-refractivity contribution in [2.45, 2.75) is 13.8 Å². The molecule has 1 aromatic heterocycles. The summed E-state index contributed by atoms with van der Waals surface area (Å²) in [4.78, 5) is 4.19. The molecule has 0 aliphatic heterocycles. The third-order valence-electron chi connectivity index (χ3n) is 1.78. The Balaban J connectivity index is 2.48. The Morgan fingerprint density at radius 1 is 1.46 bits per heavy atom. The normalized spacial score (nSPS) is 10.6. The van der Waals surface area contributed by atoms with Gasteiger partial charge >= 0.3 is 0 Å². The van der Waals surface area contributed by atoms with E-state index in [0.717, 1.165) is 16.8 Å². The predicted molar refractivity (Wildman–Crippen MR) is 49.9 cm³/mol. The van der Waals surface area contributed by atoms with Gasteiger partial charge in [-0.05, 0) is 19.1 Å². The van der Waals surface area contributed by atoms with Crippen LogP contribution in [0.15, 0.2) is 22.6 Å². The van der Waals surface area contributed by atoms with Crippen LogP contribution in [0.5, 0.6) is 5.75 Å². The highest BCUT2D eigenvalue weighted by atomic mass is 16.5. The second-order valence-electron chi connectivity index (χ2n) is 2.80. The van der Waals surface area contributed by atoms with Crippen molar-refractivity contribution in [3.8, 4) is 5.75 Å². The van der Waals surface area contributed by atoms with Gasteiger partial charge in [-0.1, -0.05) is 0 Å². The van der Waals surface area contributed by atoms with Gasteiger partial charge < -0.3 is 9.15 Å². The summed E-state index contributed by atoms with van der Waals surface area (Å²) >= 11 is 0. The van der Waals surface area contributed by atoms with E-state index < -0.39 is 0 Å². The largest absolute Gasteiger partial charge is 0.494 e. The van der Waals surface area contributed by atoms with Crippen molar-refractivity contribution >= 4 is 11.1 Å². The molecule has 0 saturated heterocycles. The molecular weight excluding hydrogens is 166 g/mol. The SMILES string of the molecule is CCOc1ccc2nc(C)oc2c1. The lowest BCUT2D eigenvalue weighted by Gasteiger charge is -2.00. The number of oxazole rings is 1. The molecule has 0 spiro atoms. The Morgan fingerprint density at radius 3 is 3.08 bits per heavy atom. The summed E-state index contributed by atoms with van der Waals surface area (Å²) in [5.41, 5.74) is 1.66. The Labute approximate surface area is 76.3 Å². The molecule has 0 fully saturated rings. The summed E-state index contributed by atoms with van der Waals surface area (Å²) in [5.74, 6) is 1.51. The maximum Gasteiger partial charge on any atom is 0.192 e. The molecule has 0 aliphatic rings. The van der Waals surface area contributed by atoms with E-state index >= 15 is 0 Å². The topological polar surface area (TPSA) is 35.3 Å². The van der Waals surface area contributed by atoms with Crippen LogP contribution in [0.2, 0.25) is 0 Å². The number of aryl methyl sites for hydroxylation is 1. The zero-order valence-corrected chi connectivity index (χ0v) is 7.70. The fourth-order valence-electron chi connectivity index (χ4n) is 1.28. The second kappa shape index (κ2) is 3.09. The third-order valence-corrected chi connectivity index (χ3v) is 1.78. The van der Waals surface area contributed by atoms with Crippen molar-refractivity contribution in [2.24, 2.45) is 0 Å². The first-order valence-corrected chi connectivity index (χ1v) is 4.29. The van der Waals surface area contributed by atoms with Crippen molar-refractivity contribution in [1.82, 2.24) is 4.98 Å². The van der Waals surface area contributed by atoms with Gasteiger partial charge in [-0.25, -0.2) is 4.98 Å². The fraction of sp³-hybridized carbons (Fsp3) is 0.300. The number of hydrogen-bond acceptors (Lipinski definition) is 3. The van der Waals surface area contributed by atoms with Crippen LogP contribution in [0.25, 0.3) is 11.1 Å². The van der Waals surface area contributed by atoms with Crippen molar-refractivity contribution in [3.05, 3.63) is 24.1 Å². The Kier molecular flexibility index (Phi) is 1.93. The lowest BCUT2D eigenvalue weighted by Crippen LogP contribution is -1.90. The quantitative estimate of drug-likeness (QED) is 0.707. The Hall–Kier alpha value is -1.51. The zero-order valence-electron chi connectivity index (χ0n) is 7.70. The van der Waals surface area contributed by atoms with Crippen LogP contribution in [0.1, 0.15) is 12.8 Å². The highest BCUT2D eigenvalue weighted by Gasteiger charge is 2.02. The molecule has 0 atom stereocenters. The van der Waals surface area contributed by atoms with Crippen LogP contribution in [0.3, 0.4) is 0 Å². The van der Waals surface area contributed by atoms with Gasteiger partial charge in [-0.2, -0.15) is 0 Å². The van der Waals surface area contributed by atoms with E-state index in [-0.39, 0.29) is 0 Å². The summed E-state index contributed by atoms with van der Waals surface area (Å²) in [5, 5.41) is 0. The summed E-state index contributed by atoms with van der Waals surface area (Å²) in [6.07, 6.45) is 0. The second-order valence-corrected chi connectivity index (χ2v) is 2.80. The molecule has 68 valence electrons. The van der Waals surface area contributed by atoms with Gasteiger partial charge in [0.05, 0.1) is 6.61 Å². The van der Waals surface area contributed by atoms with Crippen molar-refractivity contribution in [2.75, 3.05) is 6.61 Å². The van der Waals surface area contributed by atoms with E-state index in [0.29, 0.717) is 12.5 Å². The molecular formula is C10H11NO2. The molecule has 1 aromatic carbocycles. The number of ether oxygens (including phenoxy) is 1. The number of nitrogens with zero attached hydrogens (tertiary/aromatic N) is 1. The van der Waals surface area contributed by atoms with Crippen LogP contribution in [-0.2, 0) is 0 Å². The van der Waals surface area contributed by atoms with Gasteiger partial charge in [0.15, 0.2) is 11.5 Å². The molecule has 0 saturated carbocycles. The molecule has 13 heavy (non-hydrogen) atoms. The van der Waals surface area contributed by atoms with Crippen molar-refractivity contribution < 1.29 is 9.15 Å². The number of aromatic nitrogens is 1. The minimum atomic E-state index is 0.665. The number of rotatable bonds is 2. The molecule has 1 heterocycles. The highest BCUT2D eigenvalue weighted by Crippen LogP contribution is 2.21. The van der Waals surface area contributed by atoms with Crippen LogP contribution in [0.4, 0.5) is 0 Å². The van der Waals surface area contributed by atoms with Gasteiger partial charge in [0.1, 0.15) is 11.3 Å². The van der Waals surface area contributed by atoms with E-state index in [2.05, 4.69) is 4.98 Å². The van der Waals surface area contributed by atoms with Gasteiger partial charge in [0.2, 0.25) is 0 Å². The van der Waals surface area contributed by atoms with E-state index in [4.69, 9.17) is 9.15 Å². The summed E-state index contributed by atoms with van der Waals surface area (Å²) in [6, 6.07) is 5.66. The molecule has 0 bridgehead atoms. The van der Waals surface area contributed by atoms with Crippen LogP contribution < -0.4 is 4.74 Å². The summed E-state index contributed by atoms with van der Waals surface area (Å²) in [6.45, 7) is 4.45. The molecule has 0 aliphatic carbocycles. The monoisotopic (exact) mass is 177 g/mol. The minimum absolute atomic E-state index is 0.665. The minimum Gasteiger partial charge on any atom is -0.494 e. The molecule has 0 N–H and O–H groups in total. The standard InChI is InChI=1S/C10H11NO2/c1-3-12-8-4-5-9-10(6-8)13-7(2)11-9/h4-6H,3H2,1-2H3. The molecule has 3 heteroatoms. The van der Waals surface area contributed by atoms with Gasteiger partial charge in [-0.15, -0.1) is 0 Å². The predicted octanol–water partition coefficient (Wildman–Crippen LogP) is 2.53. The van der Waals surface area contributed by atoms with Crippen LogP contribution >= 0.6 is 0 Å². The van der Waals surface area contributed by atoms with E-state index in [1.54, 1.807) is 0 Å². The lowest BCUT2D eigenvalue weighted by atomic mass is 10.3. The summed E-state index contributed by atoms with van der Waals surface area (Å²) < 4.78 is 10.7. The summed E-state index contributed by atoms with van der Waals surface area (Å²) in [7, 11) is 0. The van der Waals surface area contributed by atoms with E-state index in [1.165, 1.54) is 0 Å². The van der Waals surface area contributed by atoms with Gasteiger partial charge in [-0.3, -0.25) is 0 Å². The number of hydrogen-bond donors (Lipinski definition) is 0.